The van der Waals surface area contributed by atoms with Gasteiger partial charge in [-0.3, -0.25) is 0 Å². The van der Waals surface area contributed by atoms with Gasteiger partial charge in [0.25, 0.3) is 0 Å². The summed E-state index contributed by atoms with van der Waals surface area (Å²) in [7, 11) is 6.10. The fourth-order valence-electron chi connectivity index (χ4n) is 4.42. The number of pyridine rings is 1. The van der Waals surface area contributed by atoms with Crippen LogP contribution in [0.5, 0.6) is 0 Å². The third kappa shape index (κ3) is 3.77. The van der Waals surface area contributed by atoms with E-state index in [0.29, 0.717) is 6.04 Å². The Balaban J connectivity index is 0.00000140. The molecule has 0 radical (unpaired) electrons. The van der Waals surface area contributed by atoms with Crippen molar-refractivity contribution in [2.24, 2.45) is 0 Å². The van der Waals surface area contributed by atoms with Crippen LogP contribution in [-0.2, 0) is 16.8 Å². The van der Waals surface area contributed by atoms with Gasteiger partial charge in [0.1, 0.15) is 5.60 Å². The van der Waals surface area contributed by atoms with Gasteiger partial charge < -0.3 is 9.64 Å². The highest BCUT2D eigenvalue weighted by atomic mass is 35.5. The van der Waals surface area contributed by atoms with E-state index >= 15 is 0 Å². The SMILES string of the molecule is COC1(C)c2ccc(-c3ccc4ccccc4n3)cc2CCC1N(C)C.Cl.Cl. The lowest BCUT2D eigenvalue weighted by molar-refractivity contribution is -0.0686. The van der Waals surface area contributed by atoms with Crippen molar-refractivity contribution in [2.45, 2.75) is 31.4 Å². The summed E-state index contributed by atoms with van der Waals surface area (Å²) in [6, 6.07) is 19.6. The Kier molecular flexibility index (Phi) is 7.11. The van der Waals surface area contributed by atoms with E-state index in [1.165, 1.54) is 22.1 Å². The second-order valence-corrected chi connectivity index (χ2v) is 7.59. The molecule has 2 atom stereocenters. The second-order valence-electron chi connectivity index (χ2n) is 7.59. The molecule has 2 unspecified atom stereocenters. The summed E-state index contributed by atoms with van der Waals surface area (Å²) in [6.45, 7) is 2.21. The van der Waals surface area contributed by atoms with Crippen LogP contribution in [0.15, 0.2) is 54.6 Å². The number of benzene rings is 2. The zero-order valence-electron chi connectivity index (χ0n) is 16.8. The monoisotopic (exact) mass is 418 g/mol. The molecule has 150 valence electrons. The number of ether oxygens (including phenoxy) is 1. The van der Waals surface area contributed by atoms with Crippen molar-refractivity contribution in [3.8, 4) is 11.3 Å². The first-order valence-electron chi connectivity index (χ1n) is 9.24. The zero-order valence-corrected chi connectivity index (χ0v) is 18.4. The third-order valence-corrected chi connectivity index (χ3v) is 5.90. The summed E-state index contributed by atoms with van der Waals surface area (Å²) in [5.41, 5.74) is 5.63. The fourth-order valence-corrected chi connectivity index (χ4v) is 4.42. The molecule has 0 fully saturated rings. The van der Waals surface area contributed by atoms with E-state index in [9.17, 15) is 0 Å². The van der Waals surface area contributed by atoms with E-state index in [0.717, 1.165) is 24.1 Å². The van der Waals surface area contributed by atoms with Crippen LogP contribution in [0, 0.1) is 0 Å². The number of hydrogen-bond acceptors (Lipinski definition) is 3. The van der Waals surface area contributed by atoms with E-state index in [-0.39, 0.29) is 30.4 Å². The van der Waals surface area contributed by atoms with Crippen molar-refractivity contribution in [3.05, 3.63) is 65.7 Å². The standard InChI is InChI=1S/C23H26N2O.2ClH/c1-23(26-4)19-12-9-18(15-17(19)11-14-22(23)25(2)3)21-13-10-16-7-5-6-8-20(16)24-21;;/h5-10,12-13,15,22H,11,14H2,1-4H3;2*1H. The molecule has 0 spiro atoms. The Hall–Kier alpha value is -1.65. The van der Waals surface area contributed by atoms with E-state index in [1.807, 2.05) is 13.2 Å². The number of aryl methyl sites for hydroxylation is 1. The summed E-state index contributed by atoms with van der Waals surface area (Å²) >= 11 is 0. The van der Waals surface area contributed by atoms with Crippen molar-refractivity contribution < 1.29 is 4.74 Å². The first-order chi connectivity index (χ1) is 12.5. The highest BCUT2D eigenvalue weighted by Gasteiger charge is 2.41. The summed E-state index contributed by atoms with van der Waals surface area (Å²) in [4.78, 5) is 7.14. The zero-order chi connectivity index (χ0) is 18.3. The number of hydrogen-bond donors (Lipinski definition) is 0. The first kappa shape index (κ1) is 22.6. The molecule has 4 rings (SSSR count). The van der Waals surface area contributed by atoms with Crippen LogP contribution >= 0.6 is 24.8 Å². The summed E-state index contributed by atoms with van der Waals surface area (Å²) in [5, 5.41) is 1.18. The topological polar surface area (TPSA) is 25.4 Å². The van der Waals surface area contributed by atoms with Crippen molar-refractivity contribution in [1.82, 2.24) is 9.88 Å². The highest BCUT2D eigenvalue weighted by Crippen LogP contribution is 2.41. The molecule has 1 aliphatic rings. The molecule has 0 N–H and O–H groups in total. The van der Waals surface area contributed by atoms with Gasteiger partial charge in [0.15, 0.2) is 0 Å². The van der Waals surface area contributed by atoms with Gasteiger partial charge in [-0.2, -0.15) is 0 Å². The quantitative estimate of drug-likeness (QED) is 0.562. The number of likely N-dealkylation sites (N-methyl/N-ethyl adjacent to an activating group) is 1. The molecule has 1 heterocycles. The maximum Gasteiger partial charge on any atom is 0.106 e. The lowest BCUT2D eigenvalue weighted by Gasteiger charge is -2.45. The molecule has 2 aromatic carbocycles. The minimum Gasteiger partial charge on any atom is -0.372 e. The van der Waals surface area contributed by atoms with Crippen molar-refractivity contribution in [2.75, 3.05) is 21.2 Å². The molecule has 0 saturated heterocycles. The fraction of sp³-hybridized carbons (Fsp3) is 0.348. The van der Waals surface area contributed by atoms with E-state index in [1.54, 1.807) is 0 Å². The van der Waals surface area contributed by atoms with Gasteiger partial charge in [-0.25, -0.2) is 4.98 Å². The van der Waals surface area contributed by atoms with Crippen LogP contribution in [0.4, 0.5) is 0 Å². The lowest BCUT2D eigenvalue weighted by Crippen LogP contribution is -2.50. The van der Waals surface area contributed by atoms with E-state index in [2.05, 4.69) is 74.4 Å². The largest absolute Gasteiger partial charge is 0.372 e. The van der Waals surface area contributed by atoms with Crippen molar-refractivity contribution in [3.63, 3.8) is 0 Å². The molecule has 0 aliphatic heterocycles. The van der Waals surface area contributed by atoms with Crippen LogP contribution in [0.25, 0.3) is 22.2 Å². The van der Waals surface area contributed by atoms with Gasteiger partial charge in [-0.05, 0) is 63.2 Å². The van der Waals surface area contributed by atoms with Crippen LogP contribution in [-0.4, -0.2) is 37.1 Å². The molecule has 3 aromatic rings. The minimum absolute atomic E-state index is 0. The van der Waals surface area contributed by atoms with E-state index < -0.39 is 0 Å². The maximum atomic E-state index is 6.02. The van der Waals surface area contributed by atoms with Crippen LogP contribution in [0.2, 0.25) is 0 Å². The number of aromatic nitrogens is 1. The second kappa shape index (κ2) is 8.79. The Morgan fingerprint density at radius 2 is 1.79 bits per heavy atom. The van der Waals surface area contributed by atoms with Crippen LogP contribution in [0.3, 0.4) is 0 Å². The number of para-hydroxylation sites is 1. The van der Waals surface area contributed by atoms with Gasteiger partial charge in [-0.15, -0.1) is 24.8 Å². The van der Waals surface area contributed by atoms with Gasteiger partial charge in [-0.1, -0.05) is 36.4 Å². The number of rotatable bonds is 3. The summed E-state index contributed by atoms with van der Waals surface area (Å²) < 4.78 is 6.02. The summed E-state index contributed by atoms with van der Waals surface area (Å²) in [5.74, 6) is 0. The molecule has 1 aromatic heterocycles. The van der Waals surface area contributed by atoms with Crippen LogP contribution < -0.4 is 0 Å². The number of fused-ring (bicyclic) bond motifs is 2. The van der Waals surface area contributed by atoms with Crippen molar-refractivity contribution >= 4 is 35.7 Å². The molecule has 0 saturated carbocycles. The van der Waals surface area contributed by atoms with Crippen LogP contribution in [0.1, 0.15) is 24.5 Å². The summed E-state index contributed by atoms with van der Waals surface area (Å²) in [6.07, 6.45) is 2.16. The Morgan fingerprint density at radius 3 is 2.50 bits per heavy atom. The molecule has 1 aliphatic carbocycles. The average Bonchev–Trinajstić information content (AvgIpc) is 2.67. The lowest BCUT2D eigenvalue weighted by atomic mass is 9.75. The predicted octanol–water partition coefficient (Wildman–Crippen LogP) is 5.48. The Bertz CT molecular complexity index is 960. The van der Waals surface area contributed by atoms with E-state index in [4.69, 9.17) is 9.72 Å². The first-order valence-corrected chi connectivity index (χ1v) is 9.24. The number of nitrogens with zero attached hydrogens (tertiary/aromatic N) is 2. The molecular formula is C23H28Cl2N2O. The Morgan fingerprint density at radius 1 is 1.04 bits per heavy atom. The molecular weight excluding hydrogens is 391 g/mol. The maximum absolute atomic E-state index is 6.02. The molecule has 0 amide bonds. The number of halogens is 2. The average molecular weight is 419 g/mol. The minimum atomic E-state index is -0.285. The van der Waals surface area contributed by atoms with Gasteiger partial charge in [0.2, 0.25) is 0 Å². The van der Waals surface area contributed by atoms with Gasteiger partial charge in [0, 0.05) is 24.1 Å². The third-order valence-electron chi connectivity index (χ3n) is 5.90. The van der Waals surface area contributed by atoms with Gasteiger partial charge >= 0.3 is 0 Å². The predicted molar refractivity (Wildman–Crippen MR) is 122 cm³/mol. The Labute approximate surface area is 179 Å². The normalized spacial score (nSPS) is 21.0. The van der Waals surface area contributed by atoms with Crippen molar-refractivity contribution in [1.29, 1.82) is 0 Å². The number of methoxy groups -OCH3 is 1. The van der Waals surface area contributed by atoms with Gasteiger partial charge in [0.05, 0.1) is 11.2 Å². The molecule has 28 heavy (non-hydrogen) atoms. The smallest absolute Gasteiger partial charge is 0.106 e. The highest BCUT2D eigenvalue weighted by molar-refractivity contribution is 5.85. The molecule has 0 bridgehead atoms. The molecule has 5 heteroatoms. The molecule has 3 nitrogen and oxygen atoms in total.